The minimum atomic E-state index is -3.79. The van der Waals surface area contributed by atoms with E-state index >= 15 is 0 Å². The summed E-state index contributed by atoms with van der Waals surface area (Å²) in [6, 6.07) is 5.42. The van der Waals surface area contributed by atoms with Gasteiger partial charge in [0, 0.05) is 51.4 Å². The molecule has 2 amide bonds. The Morgan fingerprint density at radius 2 is 1.81 bits per heavy atom. The molecular weight excluding hydrogens is 416 g/mol. The molecule has 0 unspecified atom stereocenters. The van der Waals surface area contributed by atoms with Crippen LogP contribution in [0.15, 0.2) is 23.1 Å². The molecule has 0 bridgehead atoms. The van der Waals surface area contributed by atoms with Crippen LogP contribution in [-0.4, -0.2) is 80.2 Å². The van der Waals surface area contributed by atoms with E-state index < -0.39 is 10.0 Å². The van der Waals surface area contributed by atoms with Gasteiger partial charge in [-0.1, -0.05) is 12.8 Å². The van der Waals surface area contributed by atoms with Crippen molar-refractivity contribution in [3.05, 3.63) is 23.8 Å². The number of rotatable bonds is 5. The molecule has 8 nitrogen and oxygen atoms in total. The van der Waals surface area contributed by atoms with Crippen LogP contribution in [-0.2, 0) is 26.0 Å². The highest BCUT2D eigenvalue weighted by Crippen LogP contribution is 2.27. The smallest absolute Gasteiger partial charge is 0.243 e. The molecule has 3 aliphatic rings. The third kappa shape index (κ3) is 4.94. The zero-order chi connectivity index (χ0) is 22.0. The summed E-state index contributed by atoms with van der Waals surface area (Å²) in [5.41, 5.74) is 1.48. The van der Waals surface area contributed by atoms with Crippen LogP contribution in [0.3, 0.4) is 0 Å². The lowest BCUT2D eigenvalue weighted by Gasteiger charge is -2.38. The van der Waals surface area contributed by atoms with Crippen LogP contribution in [0.4, 0.5) is 5.69 Å². The summed E-state index contributed by atoms with van der Waals surface area (Å²) < 4.78 is 27.3. The van der Waals surface area contributed by atoms with Crippen LogP contribution in [0.5, 0.6) is 0 Å². The number of aryl methyl sites for hydroxylation is 1. The standard InChI is InChI=1S/C22H32N4O4S/c1-24(16-22(28)26-13-11-25(12-14-26)18-6-2-3-7-18)31(29,30)19-9-10-20-17(15-19)5-4-8-21(27)23-20/h9-10,15,18H,2-8,11-14,16H2,1H3,(H,23,27). The highest BCUT2D eigenvalue weighted by atomic mass is 32.2. The van der Waals surface area contributed by atoms with E-state index in [-0.39, 0.29) is 23.3 Å². The second kappa shape index (κ2) is 9.26. The van der Waals surface area contributed by atoms with Gasteiger partial charge in [-0.2, -0.15) is 4.31 Å². The summed E-state index contributed by atoms with van der Waals surface area (Å²) >= 11 is 0. The van der Waals surface area contributed by atoms with Crippen molar-refractivity contribution in [2.75, 3.05) is 45.1 Å². The summed E-state index contributed by atoms with van der Waals surface area (Å²) in [7, 11) is -2.34. The van der Waals surface area contributed by atoms with E-state index in [9.17, 15) is 18.0 Å². The average molecular weight is 449 g/mol. The first-order chi connectivity index (χ1) is 14.8. The third-order valence-corrected chi connectivity index (χ3v) is 8.57. The molecule has 31 heavy (non-hydrogen) atoms. The van der Waals surface area contributed by atoms with Crippen LogP contribution >= 0.6 is 0 Å². The zero-order valence-corrected chi connectivity index (χ0v) is 19.0. The summed E-state index contributed by atoms with van der Waals surface area (Å²) in [6.45, 7) is 2.87. The Hall–Kier alpha value is -1.97. The molecule has 4 rings (SSSR count). The Bertz CT molecular complexity index is 935. The van der Waals surface area contributed by atoms with Crippen molar-refractivity contribution in [1.29, 1.82) is 0 Å². The molecule has 2 fully saturated rings. The van der Waals surface area contributed by atoms with E-state index in [0.29, 0.717) is 44.1 Å². The molecule has 1 N–H and O–H groups in total. The number of carbonyl (C=O) groups excluding carboxylic acids is 2. The maximum Gasteiger partial charge on any atom is 0.243 e. The van der Waals surface area contributed by atoms with Gasteiger partial charge in [0.25, 0.3) is 0 Å². The number of nitrogens with zero attached hydrogens (tertiary/aromatic N) is 3. The van der Waals surface area contributed by atoms with E-state index in [0.717, 1.165) is 23.0 Å². The van der Waals surface area contributed by atoms with Crippen molar-refractivity contribution in [3.8, 4) is 0 Å². The number of carbonyl (C=O) groups is 2. The van der Waals surface area contributed by atoms with Crippen LogP contribution in [0.1, 0.15) is 44.1 Å². The predicted molar refractivity (Wildman–Crippen MR) is 118 cm³/mol. The summed E-state index contributed by atoms with van der Waals surface area (Å²) in [4.78, 5) is 28.9. The molecule has 0 radical (unpaired) electrons. The molecule has 0 spiro atoms. The van der Waals surface area contributed by atoms with Crippen molar-refractivity contribution in [3.63, 3.8) is 0 Å². The van der Waals surface area contributed by atoms with E-state index in [1.807, 2.05) is 0 Å². The Labute approximate surface area is 184 Å². The summed E-state index contributed by atoms with van der Waals surface area (Å²) in [5, 5.41) is 2.82. The van der Waals surface area contributed by atoms with Crippen LogP contribution in [0.2, 0.25) is 0 Å². The fourth-order valence-corrected chi connectivity index (χ4v) is 6.04. The van der Waals surface area contributed by atoms with Gasteiger partial charge in [0.2, 0.25) is 21.8 Å². The molecule has 0 aromatic heterocycles. The van der Waals surface area contributed by atoms with Gasteiger partial charge >= 0.3 is 0 Å². The minimum absolute atomic E-state index is 0.0508. The van der Waals surface area contributed by atoms with E-state index in [1.165, 1.54) is 38.8 Å². The number of hydrogen-bond donors (Lipinski definition) is 1. The molecule has 9 heteroatoms. The molecule has 1 aromatic carbocycles. The largest absolute Gasteiger partial charge is 0.339 e. The molecule has 2 aliphatic heterocycles. The number of fused-ring (bicyclic) bond motifs is 1. The molecule has 1 saturated heterocycles. The Morgan fingerprint density at radius 3 is 2.52 bits per heavy atom. The molecule has 0 atom stereocenters. The van der Waals surface area contributed by atoms with E-state index in [4.69, 9.17) is 0 Å². The van der Waals surface area contributed by atoms with Gasteiger partial charge in [-0.25, -0.2) is 8.42 Å². The maximum absolute atomic E-state index is 13.1. The van der Waals surface area contributed by atoms with Crippen molar-refractivity contribution in [2.45, 2.75) is 55.9 Å². The average Bonchev–Trinajstić information content (AvgIpc) is 3.22. The number of amides is 2. The minimum Gasteiger partial charge on any atom is -0.339 e. The van der Waals surface area contributed by atoms with Crippen LogP contribution < -0.4 is 5.32 Å². The van der Waals surface area contributed by atoms with Gasteiger partial charge in [0.05, 0.1) is 11.4 Å². The van der Waals surface area contributed by atoms with Crippen molar-refractivity contribution >= 4 is 27.5 Å². The molecular formula is C22H32N4O4S. The van der Waals surface area contributed by atoms with Crippen LogP contribution in [0, 0.1) is 0 Å². The van der Waals surface area contributed by atoms with Crippen molar-refractivity contribution in [1.82, 2.24) is 14.1 Å². The Morgan fingerprint density at radius 1 is 1.10 bits per heavy atom. The number of nitrogens with one attached hydrogen (secondary N) is 1. The fourth-order valence-electron chi connectivity index (χ4n) is 4.87. The van der Waals surface area contributed by atoms with E-state index in [2.05, 4.69) is 10.2 Å². The van der Waals surface area contributed by atoms with Crippen molar-refractivity contribution < 1.29 is 18.0 Å². The molecule has 2 heterocycles. The molecule has 1 aliphatic carbocycles. The van der Waals surface area contributed by atoms with Gasteiger partial charge < -0.3 is 10.2 Å². The number of likely N-dealkylation sites (N-methyl/N-ethyl adjacent to an activating group) is 1. The Balaban J connectivity index is 1.37. The number of sulfonamides is 1. The quantitative estimate of drug-likeness (QED) is 0.740. The SMILES string of the molecule is CN(CC(=O)N1CCN(C2CCCC2)CC1)S(=O)(=O)c1ccc2c(c1)CCCC(=O)N2. The van der Waals surface area contributed by atoms with Gasteiger partial charge in [0.1, 0.15) is 0 Å². The molecule has 1 saturated carbocycles. The fraction of sp³-hybridized carbons (Fsp3) is 0.636. The first-order valence-corrected chi connectivity index (χ1v) is 12.7. The number of piperazine rings is 1. The lowest BCUT2D eigenvalue weighted by atomic mass is 10.1. The monoisotopic (exact) mass is 448 g/mol. The summed E-state index contributed by atoms with van der Waals surface area (Å²) in [5.74, 6) is -0.204. The third-order valence-electron chi connectivity index (χ3n) is 6.77. The molecule has 1 aromatic rings. The second-order valence-electron chi connectivity index (χ2n) is 8.84. The second-order valence-corrected chi connectivity index (χ2v) is 10.9. The first-order valence-electron chi connectivity index (χ1n) is 11.3. The highest BCUT2D eigenvalue weighted by Gasteiger charge is 2.30. The topological polar surface area (TPSA) is 90.0 Å². The van der Waals surface area contributed by atoms with Gasteiger partial charge in [-0.05, 0) is 49.4 Å². The van der Waals surface area contributed by atoms with Gasteiger partial charge in [-0.3, -0.25) is 14.5 Å². The van der Waals surface area contributed by atoms with Gasteiger partial charge in [-0.15, -0.1) is 0 Å². The number of benzene rings is 1. The first kappa shape index (κ1) is 22.2. The maximum atomic E-state index is 13.1. The zero-order valence-electron chi connectivity index (χ0n) is 18.2. The lowest BCUT2D eigenvalue weighted by Crippen LogP contribution is -2.53. The molecule has 170 valence electrons. The normalized spacial score (nSPS) is 21.1. The van der Waals surface area contributed by atoms with Gasteiger partial charge in [0.15, 0.2) is 0 Å². The predicted octanol–water partition coefficient (Wildman–Crippen LogP) is 1.67. The lowest BCUT2D eigenvalue weighted by molar-refractivity contribution is -0.133. The van der Waals surface area contributed by atoms with E-state index in [1.54, 1.807) is 17.0 Å². The summed E-state index contributed by atoms with van der Waals surface area (Å²) in [6.07, 6.45) is 6.84. The Kier molecular flexibility index (Phi) is 6.64. The number of hydrogen-bond acceptors (Lipinski definition) is 5. The highest BCUT2D eigenvalue weighted by molar-refractivity contribution is 7.89. The van der Waals surface area contributed by atoms with Crippen molar-refractivity contribution in [2.24, 2.45) is 0 Å². The number of anilines is 1. The van der Waals surface area contributed by atoms with Crippen LogP contribution in [0.25, 0.3) is 0 Å².